The van der Waals surface area contributed by atoms with Crippen molar-refractivity contribution < 1.29 is 9.47 Å². The minimum atomic E-state index is -0.137. The van der Waals surface area contributed by atoms with Gasteiger partial charge >= 0.3 is 0 Å². The summed E-state index contributed by atoms with van der Waals surface area (Å²) in [6, 6.07) is 10.7. The second-order valence-corrected chi connectivity index (χ2v) is 6.62. The molecule has 2 aliphatic heterocycles. The highest BCUT2D eigenvalue weighted by Crippen LogP contribution is 2.62. The lowest BCUT2D eigenvalue weighted by Gasteiger charge is -2.59. The van der Waals surface area contributed by atoms with E-state index in [0.29, 0.717) is 5.92 Å². The van der Waals surface area contributed by atoms with E-state index in [-0.39, 0.29) is 11.2 Å². The lowest BCUT2D eigenvalue weighted by Crippen LogP contribution is -2.68. The van der Waals surface area contributed by atoms with Gasteiger partial charge in [-0.2, -0.15) is 0 Å². The first kappa shape index (κ1) is 11.9. The average Bonchev–Trinajstić information content (AvgIpc) is 2.59. The first-order valence-electron chi connectivity index (χ1n) is 7.56. The van der Waals surface area contributed by atoms with Crippen molar-refractivity contribution in [2.45, 2.75) is 43.8 Å². The molecule has 19 heavy (non-hydrogen) atoms. The van der Waals surface area contributed by atoms with Crippen molar-refractivity contribution in [2.75, 3.05) is 13.2 Å². The quantitative estimate of drug-likeness (QED) is 0.811. The zero-order valence-corrected chi connectivity index (χ0v) is 11.6. The minimum Gasteiger partial charge on any atom is -0.372 e. The molecule has 4 rings (SSSR count). The van der Waals surface area contributed by atoms with Crippen molar-refractivity contribution in [2.24, 2.45) is 11.8 Å². The molecule has 2 heteroatoms. The highest BCUT2D eigenvalue weighted by Gasteiger charge is 2.70. The maximum atomic E-state index is 6.35. The van der Waals surface area contributed by atoms with Crippen molar-refractivity contribution in [3.63, 3.8) is 0 Å². The Balaban J connectivity index is 1.66. The molecule has 2 nitrogen and oxygen atoms in total. The van der Waals surface area contributed by atoms with Gasteiger partial charge in [0.05, 0.1) is 12.2 Å². The van der Waals surface area contributed by atoms with Gasteiger partial charge in [0.25, 0.3) is 0 Å². The topological polar surface area (TPSA) is 18.5 Å². The first-order valence-corrected chi connectivity index (χ1v) is 7.56. The third kappa shape index (κ3) is 1.50. The van der Waals surface area contributed by atoms with Crippen LogP contribution in [0.4, 0.5) is 0 Å². The molecule has 102 valence electrons. The van der Waals surface area contributed by atoms with Crippen LogP contribution >= 0.6 is 0 Å². The van der Waals surface area contributed by atoms with Crippen LogP contribution in [0.2, 0.25) is 0 Å². The third-order valence-corrected chi connectivity index (χ3v) is 5.63. The van der Waals surface area contributed by atoms with Gasteiger partial charge in [0, 0.05) is 18.9 Å². The SMILES string of the molecule is C[C@@]1(Cc2ccccc2)OC[C@H]2C[C@@H]3CCCO[C@@]321. The van der Waals surface area contributed by atoms with Crippen LogP contribution in [-0.2, 0) is 15.9 Å². The van der Waals surface area contributed by atoms with Crippen LogP contribution in [0, 0.1) is 11.8 Å². The summed E-state index contributed by atoms with van der Waals surface area (Å²) in [4.78, 5) is 0. The van der Waals surface area contributed by atoms with Gasteiger partial charge in [0.15, 0.2) is 0 Å². The van der Waals surface area contributed by atoms with E-state index in [1.807, 2.05) is 0 Å². The molecule has 2 saturated heterocycles. The van der Waals surface area contributed by atoms with Gasteiger partial charge in [-0.05, 0) is 37.7 Å². The molecule has 3 aliphatic rings. The van der Waals surface area contributed by atoms with E-state index in [4.69, 9.17) is 9.47 Å². The fraction of sp³-hybridized carbons (Fsp3) is 0.647. The van der Waals surface area contributed by atoms with Crippen LogP contribution in [0.5, 0.6) is 0 Å². The molecule has 0 N–H and O–H groups in total. The van der Waals surface area contributed by atoms with E-state index in [1.54, 1.807) is 0 Å². The lowest BCUT2D eigenvalue weighted by atomic mass is 9.53. The molecule has 0 radical (unpaired) electrons. The summed E-state index contributed by atoms with van der Waals surface area (Å²) in [5, 5.41) is 0. The predicted octanol–water partition coefficient (Wildman–Crippen LogP) is 3.20. The summed E-state index contributed by atoms with van der Waals surface area (Å²) in [6.07, 6.45) is 4.83. The van der Waals surface area contributed by atoms with Gasteiger partial charge < -0.3 is 9.47 Å². The molecule has 0 amide bonds. The molecule has 1 aliphatic carbocycles. The predicted molar refractivity (Wildman–Crippen MR) is 74.0 cm³/mol. The first-order chi connectivity index (χ1) is 9.25. The van der Waals surface area contributed by atoms with Crippen LogP contribution in [-0.4, -0.2) is 24.4 Å². The van der Waals surface area contributed by atoms with Crippen molar-refractivity contribution in [3.8, 4) is 0 Å². The van der Waals surface area contributed by atoms with Crippen molar-refractivity contribution >= 4 is 0 Å². The Morgan fingerprint density at radius 1 is 1.16 bits per heavy atom. The van der Waals surface area contributed by atoms with E-state index in [2.05, 4.69) is 37.3 Å². The minimum absolute atomic E-state index is 0.0150. The molecule has 1 spiro atoms. The highest BCUT2D eigenvalue weighted by atomic mass is 16.6. The molecule has 4 atom stereocenters. The normalized spacial score (nSPS) is 44.3. The number of benzene rings is 1. The molecular formula is C17H22O2. The van der Waals surface area contributed by atoms with Gasteiger partial charge in [-0.1, -0.05) is 30.3 Å². The largest absolute Gasteiger partial charge is 0.372 e. The Bertz CT molecular complexity index is 471. The van der Waals surface area contributed by atoms with Crippen LogP contribution in [0.3, 0.4) is 0 Å². The third-order valence-electron chi connectivity index (χ3n) is 5.63. The van der Waals surface area contributed by atoms with Gasteiger partial charge in [0.1, 0.15) is 5.60 Å². The molecule has 2 heterocycles. The number of hydrogen-bond donors (Lipinski definition) is 0. The Hall–Kier alpha value is -0.860. The van der Waals surface area contributed by atoms with Crippen LogP contribution in [0.15, 0.2) is 30.3 Å². The molecule has 0 bridgehead atoms. The van der Waals surface area contributed by atoms with E-state index in [1.165, 1.54) is 24.8 Å². The standard InChI is InChI=1S/C17H22O2/c1-16(11-13-6-3-2-4-7-13)17-14(8-5-9-18-17)10-15(17)12-19-16/h2-4,6-7,14-15H,5,8-12H2,1H3/t14-,15+,16-,17-/m0/s1. The Labute approximate surface area is 115 Å². The van der Waals surface area contributed by atoms with Crippen molar-refractivity contribution in [1.29, 1.82) is 0 Å². The smallest absolute Gasteiger partial charge is 0.105 e. The number of ether oxygens (including phenoxy) is 2. The summed E-state index contributed by atoms with van der Waals surface area (Å²) >= 11 is 0. The Morgan fingerprint density at radius 2 is 2.00 bits per heavy atom. The van der Waals surface area contributed by atoms with E-state index in [9.17, 15) is 0 Å². The number of hydrogen-bond acceptors (Lipinski definition) is 2. The maximum Gasteiger partial charge on any atom is 0.105 e. The molecule has 1 aromatic carbocycles. The van der Waals surface area contributed by atoms with Crippen LogP contribution in [0.1, 0.15) is 31.7 Å². The Kier molecular flexibility index (Phi) is 2.55. The van der Waals surface area contributed by atoms with Crippen LogP contribution in [0.25, 0.3) is 0 Å². The molecule has 1 saturated carbocycles. The van der Waals surface area contributed by atoms with Gasteiger partial charge in [-0.15, -0.1) is 0 Å². The molecule has 0 aromatic heterocycles. The van der Waals surface area contributed by atoms with Gasteiger partial charge in [-0.3, -0.25) is 0 Å². The highest BCUT2D eigenvalue weighted by molar-refractivity contribution is 5.25. The van der Waals surface area contributed by atoms with Gasteiger partial charge in [-0.25, -0.2) is 0 Å². The molecule has 3 fully saturated rings. The summed E-state index contributed by atoms with van der Waals surface area (Å²) < 4.78 is 12.6. The average molecular weight is 258 g/mol. The summed E-state index contributed by atoms with van der Waals surface area (Å²) in [6.45, 7) is 4.08. The molecule has 0 unspecified atom stereocenters. The van der Waals surface area contributed by atoms with E-state index < -0.39 is 0 Å². The lowest BCUT2D eigenvalue weighted by molar-refractivity contribution is -0.249. The van der Waals surface area contributed by atoms with Crippen molar-refractivity contribution in [3.05, 3.63) is 35.9 Å². The second-order valence-electron chi connectivity index (χ2n) is 6.62. The zero-order valence-electron chi connectivity index (χ0n) is 11.6. The fourth-order valence-corrected chi connectivity index (χ4v) is 4.79. The summed E-state index contributed by atoms with van der Waals surface area (Å²) in [7, 11) is 0. The monoisotopic (exact) mass is 258 g/mol. The molecule has 1 aromatic rings. The van der Waals surface area contributed by atoms with Crippen LogP contribution < -0.4 is 0 Å². The summed E-state index contributed by atoms with van der Waals surface area (Å²) in [5.41, 5.74) is 1.24. The molecular weight excluding hydrogens is 236 g/mol. The maximum absolute atomic E-state index is 6.35. The Morgan fingerprint density at radius 3 is 2.79 bits per heavy atom. The van der Waals surface area contributed by atoms with Crippen molar-refractivity contribution in [1.82, 2.24) is 0 Å². The van der Waals surface area contributed by atoms with E-state index >= 15 is 0 Å². The fourth-order valence-electron chi connectivity index (χ4n) is 4.79. The second kappa shape index (κ2) is 4.07. The van der Waals surface area contributed by atoms with E-state index in [0.717, 1.165) is 25.6 Å². The zero-order chi connectivity index (χ0) is 12.9. The van der Waals surface area contributed by atoms with Gasteiger partial charge in [0.2, 0.25) is 0 Å². The number of rotatable bonds is 2. The summed E-state index contributed by atoms with van der Waals surface area (Å²) in [5.74, 6) is 1.36.